The van der Waals surface area contributed by atoms with Gasteiger partial charge in [-0.2, -0.15) is 0 Å². The highest BCUT2D eigenvalue weighted by atomic mass is 19.1. The first-order valence-corrected chi connectivity index (χ1v) is 8.33. The Labute approximate surface area is 145 Å². The van der Waals surface area contributed by atoms with E-state index in [1.54, 1.807) is 24.1 Å². The number of fused-ring (bicyclic) bond motifs is 1. The SMILES string of the molecule is Cc1cc(C(=O)N2CC[C@@]3(c4ccccn4)OCO[C@H]3C2)ccc1F. The fourth-order valence-corrected chi connectivity index (χ4v) is 3.60. The number of benzene rings is 1. The molecule has 1 aromatic carbocycles. The predicted molar refractivity (Wildman–Crippen MR) is 88.4 cm³/mol. The Bertz CT molecular complexity index is 799. The fourth-order valence-electron chi connectivity index (χ4n) is 3.60. The standard InChI is InChI=1S/C19H19FN2O3/c1-13-10-14(5-6-15(13)20)18(23)22-9-7-19(16-4-2-3-8-21-16)17(11-22)24-12-25-19/h2-6,8,10,17H,7,9,11-12H2,1H3/t17-,19-/m0/s1. The third-order valence-corrected chi connectivity index (χ3v) is 5.04. The van der Waals surface area contributed by atoms with Gasteiger partial charge in [0.25, 0.3) is 5.91 Å². The van der Waals surface area contributed by atoms with Crippen molar-refractivity contribution in [3.8, 4) is 0 Å². The summed E-state index contributed by atoms with van der Waals surface area (Å²) in [5.74, 6) is -0.426. The van der Waals surface area contributed by atoms with E-state index in [0.29, 0.717) is 30.6 Å². The van der Waals surface area contributed by atoms with Crippen LogP contribution in [0.25, 0.3) is 0 Å². The predicted octanol–water partition coefficient (Wildman–Crippen LogP) is 2.64. The molecule has 0 aliphatic carbocycles. The molecule has 2 saturated heterocycles. The summed E-state index contributed by atoms with van der Waals surface area (Å²) >= 11 is 0. The zero-order valence-electron chi connectivity index (χ0n) is 13.9. The van der Waals surface area contributed by atoms with Crippen molar-refractivity contribution in [2.24, 2.45) is 0 Å². The van der Waals surface area contributed by atoms with E-state index in [1.807, 2.05) is 18.2 Å². The number of halogens is 1. The van der Waals surface area contributed by atoms with Gasteiger partial charge in [0.05, 0.1) is 12.2 Å². The third-order valence-electron chi connectivity index (χ3n) is 5.04. The summed E-state index contributed by atoms with van der Waals surface area (Å²) in [6.45, 7) is 2.80. The minimum atomic E-state index is -0.600. The van der Waals surface area contributed by atoms with Crippen molar-refractivity contribution in [3.63, 3.8) is 0 Å². The lowest BCUT2D eigenvalue weighted by atomic mass is 9.85. The number of pyridine rings is 1. The van der Waals surface area contributed by atoms with Crippen molar-refractivity contribution in [1.29, 1.82) is 0 Å². The average Bonchev–Trinajstić information content (AvgIpc) is 3.08. The minimum absolute atomic E-state index is 0.117. The van der Waals surface area contributed by atoms with E-state index in [-0.39, 0.29) is 24.6 Å². The second-order valence-electron chi connectivity index (χ2n) is 6.49. The third kappa shape index (κ3) is 2.71. The quantitative estimate of drug-likeness (QED) is 0.842. The lowest BCUT2D eigenvalue weighted by Crippen LogP contribution is -2.53. The van der Waals surface area contributed by atoms with E-state index in [1.165, 1.54) is 12.1 Å². The Morgan fingerprint density at radius 2 is 2.24 bits per heavy atom. The number of rotatable bonds is 2. The van der Waals surface area contributed by atoms with Gasteiger partial charge in [-0.1, -0.05) is 6.07 Å². The molecule has 1 amide bonds. The molecular weight excluding hydrogens is 323 g/mol. The number of carbonyl (C=O) groups is 1. The topological polar surface area (TPSA) is 51.7 Å². The molecule has 0 saturated carbocycles. The number of hydrogen-bond acceptors (Lipinski definition) is 4. The molecule has 0 spiro atoms. The number of aromatic nitrogens is 1. The number of ether oxygens (including phenoxy) is 2. The normalized spacial score (nSPS) is 25.7. The largest absolute Gasteiger partial charge is 0.347 e. The maximum Gasteiger partial charge on any atom is 0.253 e. The average molecular weight is 342 g/mol. The monoisotopic (exact) mass is 342 g/mol. The first kappa shape index (κ1) is 16.2. The molecule has 2 aromatic rings. The zero-order valence-corrected chi connectivity index (χ0v) is 13.9. The first-order valence-electron chi connectivity index (χ1n) is 8.33. The molecule has 0 bridgehead atoms. The zero-order chi connectivity index (χ0) is 17.4. The van der Waals surface area contributed by atoms with E-state index in [4.69, 9.17) is 9.47 Å². The molecule has 130 valence electrons. The van der Waals surface area contributed by atoms with Gasteiger partial charge in [0.15, 0.2) is 0 Å². The summed E-state index contributed by atoms with van der Waals surface area (Å²) in [4.78, 5) is 19.0. The van der Waals surface area contributed by atoms with Crippen molar-refractivity contribution >= 4 is 5.91 Å². The Kier molecular flexibility index (Phi) is 4.01. The second-order valence-corrected chi connectivity index (χ2v) is 6.49. The van der Waals surface area contributed by atoms with Crippen LogP contribution in [0.5, 0.6) is 0 Å². The maximum atomic E-state index is 13.5. The van der Waals surface area contributed by atoms with Crippen LogP contribution in [-0.4, -0.2) is 41.8 Å². The van der Waals surface area contributed by atoms with Gasteiger partial charge in [0, 0.05) is 24.7 Å². The molecule has 0 unspecified atom stereocenters. The van der Waals surface area contributed by atoms with Gasteiger partial charge >= 0.3 is 0 Å². The Balaban J connectivity index is 1.57. The van der Waals surface area contributed by atoms with Crippen LogP contribution < -0.4 is 0 Å². The highest BCUT2D eigenvalue weighted by molar-refractivity contribution is 5.94. The summed E-state index contributed by atoms with van der Waals surface area (Å²) in [5.41, 5.74) is 1.19. The number of nitrogens with zero attached hydrogens (tertiary/aromatic N) is 2. The molecule has 3 heterocycles. The van der Waals surface area contributed by atoms with E-state index >= 15 is 0 Å². The van der Waals surface area contributed by atoms with Crippen LogP contribution in [-0.2, 0) is 15.1 Å². The van der Waals surface area contributed by atoms with Gasteiger partial charge in [-0.3, -0.25) is 9.78 Å². The van der Waals surface area contributed by atoms with Crippen LogP contribution in [0.15, 0.2) is 42.6 Å². The molecule has 5 nitrogen and oxygen atoms in total. The summed E-state index contributed by atoms with van der Waals surface area (Å²) in [7, 11) is 0. The van der Waals surface area contributed by atoms with Crippen molar-refractivity contribution in [2.75, 3.05) is 19.9 Å². The molecule has 2 aliphatic heterocycles. The van der Waals surface area contributed by atoms with Crippen LogP contribution in [0.3, 0.4) is 0 Å². The lowest BCUT2D eigenvalue weighted by Gasteiger charge is -2.41. The molecule has 0 radical (unpaired) electrons. The highest BCUT2D eigenvalue weighted by Crippen LogP contribution is 2.41. The van der Waals surface area contributed by atoms with Gasteiger partial charge in [-0.15, -0.1) is 0 Å². The molecule has 0 N–H and O–H groups in total. The summed E-state index contributed by atoms with van der Waals surface area (Å²) < 4.78 is 25.1. The Morgan fingerprint density at radius 3 is 3.00 bits per heavy atom. The maximum absolute atomic E-state index is 13.5. The van der Waals surface area contributed by atoms with E-state index in [2.05, 4.69) is 4.98 Å². The van der Waals surface area contributed by atoms with Gasteiger partial charge in [-0.05, 0) is 42.8 Å². The molecule has 2 fully saturated rings. The minimum Gasteiger partial charge on any atom is -0.347 e. The van der Waals surface area contributed by atoms with Crippen molar-refractivity contribution < 1.29 is 18.7 Å². The number of likely N-dealkylation sites (tertiary alicyclic amines) is 1. The van der Waals surface area contributed by atoms with Gasteiger partial charge in [0.1, 0.15) is 24.3 Å². The van der Waals surface area contributed by atoms with Crippen LogP contribution >= 0.6 is 0 Å². The first-order chi connectivity index (χ1) is 12.1. The summed E-state index contributed by atoms with van der Waals surface area (Å²) in [6.07, 6.45) is 2.09. The molecule has 6 heteroatoms. The molecular formula is C19H19FN2O3. The van der Waals surface area contributed by atoms with Crippen LogP contribution in [0.2, 0.25) is 0 Å². The number of amides is 1. The van der Waals surface area contributed by atoms with Crippen molar-refractivity contribution in [3.05, 3.63) is 65.2 Å². The fraction of sp³-hybridized carbons (Fsp3) is 0.368. The molecule has 2 aliphatic rings. The number of hydrogen-bond donors (Lipinski definition) is 0. The van der Waals surface area contributed by atoms with Crippen LogP contribution in [0, 0.1) is 12.7 Å². The lowest BCUT2D eigenvalue weighted by molar-refractivity contribution is -0.0470. The summed E-state index contributed by atoms with van der Waals surface area (Å²) in [6, 6.07) is 10.2. The molecule has 4 rings (SSSR count). The second kappa shape index (κ2) is 6.20. The van der Waals surface area contributed by atoms with Gasteiger partial charge in [-0.25, -0.2) is 4.39 Å². The summed E-state index contributed by atoms with van der Waals surface area (Å²) in [5, 5.41) is 0. The van der Waals surface area contributed by atoms with E-state index in [0.717, 1.165) is 5.69 Å². The Morgan fingerprint density at radius 1 is 1.36 bits per heavy atom. The number of aryl methyl sites for hydroxylation is 1. The van der Waals surface area contributed by atoms with Gasteiger partial charge < -0.3 is 14.4 Å². The molecule has 1 aromatic heterocycles. The highest BCUT2D eigenvalue weighted by Gasteiger charge is 2.52. The number of carbonyl (C=O) groups excluding carboxylic acids is 1. The molecule has 25 heavy (non-hydrogen) atoms. The van der Waals surface area contributed by atoms with Crippen LogP contribution in [0.4, 0.5) is 4.39 Å². The Hall–Kier alpha value is -2.31. The van der Waals surface area contributed by atoms with Crippen LogP contribution in [0.1, 0.15) is 28.0 Å². The van der Waals surface area contributed by atoms with Gasteiger partial charge in [0.2, 0.25) is 0 Å². The van der Waals surface area contributed by atoms with Crippen molar-refractivity contribution in [2.45, 2.75) is 25.0 Å². The van der Waals surface area contributed by atoms with E-state index < -0.39 is 5.60 Å². The van der Waals surface area contributed by atoms with E-state index in [9.17, 15) is 9.18 Å². The molecule has 2 atom stereocenters. The number of piperidine rings is 1. The smallest absolute Gasteiger partial charge is 0.253 e. The van der Waals surface area contributed by atoms with Crippen molar-refractivity contribution in [1.82, 2.24) is 9.88 Å².